The monoisotopic (exact) mass is 455 g/mol. The molecule has 0 aromatic heterocycles. The lowest BCUT2D eigenvalue weighted by molar-refractivity contribution is 0.0322. The van der Waals surface area contributed by atoms with Crippen LogP contribution in [0.15, 0.2) is 48.5 Å². The second-order valence-electron chi connectivity index (χ2n) is 8.91. The van der Waals surface area contributed by atoms with E-state index in [0.717, 1.165) is 70.0 Å². The standard InChI is InChI=1S/C26H34FN3O3/c1-29(26(31)20-8-10-21(27)11-9-20)24-6-2-4-22(18-24)28-23-5-3-7-25(19-23)33-17-14-30-12-15-32-16-13-30/h3,5,7-11,19,22,24,28H,2,4,6,12-18H2,1H3/t22-,24+/m0/s1. The number of hydrogen-bond donors (Lipinski definition) is 1. The number of ether oxygens (including phenoxy) is 2. The first-order chi connectivity index (χ1) is 16.1. The van der Waals surface area contributed by atoms with Crippen LogP contribution in [0.5, 0.6) is 5.75 Å². The molecule has 33 heavy (non-hydrogen) atoms. The largest absolute Gasteiger partial charge is 0.492 e. The third-order valence-electron chi connectivity index (χ3n) is 6.59. The Morgan fingerprint density at radius 2 is 1.97 bits per heavy atom. The summed E-state index contributed by atoms with van der Waals surface area (Å²) in [5.41, 5.74) is 1.56. The molecular formula is C26H34FN3O3. The van der Waals surface area contributed by atoms with Crippen LogP contribution in [0.2, 0.25) is 0 Å². The minimum atomic E-state index is -0.330. The number of nitrogens with one attached hydrogen (secondary N) is 1. The van der Waals surface area contributed by atoms with E-state index in [1.807, 2.05) is 24.1 Å². The smallest absolute Gasteiger partial charge is 0.253 e. The van der Waals surface area contributed by atoms with Gasteiger partial charge in [-0.2, -0.15) is 0 Å². The highest BCUT2D eigenvalue weighted by atomic mass is 19.1. The van der Waals surface area contributed by atoms with Crippen LogP contribution in [0.4, 0.5) is 10.1 Å². The molecule has 4 rings (SSSR count). The number of rotatable bonds is 8. The van der Waals surface area contributed by atoms with Gasteiger partial charge in [-0.1, -0.05) is 6.07 Å². The maximum Gasteiger partial charge on any atom is 0.253 e. The topological polar surface area (TPSA) is 54.0 Å². The van der Waals surface area contributed by atoms with Gasteiger partial charge in [-0.15, -0.1) is 0 Å². The van der Waals surface area contributed by atoms with Gasteiger partial charge in [0, 0.05) is 56.1 Å². The van der Waals surface area contributed by atoms with E-state index in [2.05, 4.69) is 22.3 Å². The number of anilines is 1. The Labute approximate surface area is 195 Å². The van der Waals surface area contributed by atoms with Gasteiger partial charge in [0.15, 0.2) is 0 Å². The first kappa shape index (κ1) is 23.5. The van der Waals surface area contributed by atoms with E-state index in [0.29, 0.717) is 12.2 Å². The zero-order chi connectivity index (χ0) is 23.0. The highest BCUT2D eigenvalue weighted by molar-refractivity contribution is 5.94. The number of carbonyl (C=O) groups is 1. The van der Waals surface area contributed by atoms with Crippen LogP contribution >= 0.6 is 0 Å². The third kappa shape index (κ3) is 6.68. The van der Waals surface area contributed by atoms with Crippen LogP contribution in [-0.2, 0) is 4.74 Å². The Hall–Kier alpha value is -2.64. The molecule has 2 aromatic rings. The molecule has 2 fully saturated rings. The molecule has 1 heterocycles. The van der Waals surface area contributed by atoms with Crippen molar-refractivity contribution in [1.82, 2.24) is 9.80 Å². The summed E-state index contributed by atoms with van der Waals surface area (Å²) in [5.74, 6) is 0.476. The molecule has 2 atom stereocenters. The third-order valence-corrected chi connectivity index (χ3v) is 6.59. The maximum absolute atomic E-state index is 13.2. The minimum absolute atomic E-state index is 0.0590. The first-order valence-corrected chi connectivity index (χ1v) is 11.9. The normalized spacial score (nSPS) is 21.4. The Morgan fingerprint density at radius 3 is 2.76 bits per heavy atom. The number of carbonyl (C=O) groups excluding carboxylic acids is 1. The molecule has 6 nitrogen and oxygen atoms in total. The fraction of sp³-hybridized carbons (Fsp3) is 0.500. The van der Waals surface area contributed by atoms with Gasteiger partial charge in [0.1, 0.15) is 18.2 Å². The van der Waals surface area contributed by atoms with E-state index < -0.39 is 0 Å². The molecule has 1 aliphatic heterocycles. The summed E-state index contributed by atoms with van der Waals surface area (Å²) in [4.78, 5) is 17.0. The van der Waals surface area contributed by atoms with Gasteiger partial charge >= 0.3 is 0 Å². The zero-order valence-electron chi connectivity index (χ0n) is 19.3. The van der Waals surface area contributed by atoms with Crippen molar-refractivity contribution in [3.05, 3.63) is 59.9 Å². The molecule has 0 bridgehead atoms. The van der Waals surface area contributed by atoms with E-state index in [9.17, 15) is 9.18 Å². The van der Waals surface area contributed by atoms with E-state index in [4.69, 9.17) is 9.47 Å². The van der Waals surface area contributed by atoms with Gasteiger partial charge in [0.05, 0.1) is 13.2 Å². The van der Waals surface area contributed by atoms with Crippen LogP contribution in [-0.4, -0.2) is 74.3 Å². The van der Waals surface area contributed by atoms with Crippen LogP contribution in [0, 0.1) is 5.82 Å². The van der Waals surface area contributed by atoms with Crippen LogP contribution < -0.4 is 10.1 Å². The van der Waals surface area contributed by atoms with Gasteiger partial charge in [-0.3, -0.25) is 9.69 Å². The molecule has 0 unspecified atom stereocenters. The molecule has 1 N–H and O–H groups in total. The Balaban J connectivity index is 1.28. The summed E-state index contributed by atoms with van der Waals surface area (Å²) in [5, 5.41) is 3.64. The average Bonchev–Trinajstić information content (AvgIpc) is 2.85. The molecule has 2 aliphatic rings. The maximum atomic E-state index is 13.2. The molecule has 2 aromatic carbocycles. The molecule has 1 saturated heterocycles. The fourth-order valence-corrected chi connectivity index (χ4v) is 4.64. The van der Waals surface area contributed by atoms with Gasteiger partial charge in [-0.25, -0.2) is 4.39 Å². The average molecular weight is 456 g/mol. The second-order valence-corrected chi connectivity index (χ2v) is 8.91. The fourth-order valence-electron chi connectivity index (χ4n) is 4.64. The number of hydrogen-bond acceptors (Lipinski definition) is 5. The van der Waals surface area contributed by atoms with Crippen molar-refractivity contribution in [2.75, 3.05) is 51.8 Å². The number of morpholine rings is 1. The molecule has 1 saturated carbocycles. The molecule has 1 amide bonds. The van der Waals surface area contributed by atoms with Crippen molar-refractivity contribution >= 4 is 11.6 Å². The lowest BCUT2D eigenvalue weighted by Gasteiger charge is -2.36. The summed E-state index contributed by atoms with van der Waals surface area (Å²) in [7, 11) is 1.85. The highest BCUT2D eigenvalue weighted by Gasteiger charge is 2.28. The summed E-state index contributed by atoms with van der Waals surface area (Å²) >= 11 is 0. The molecule has 178 valence electrons. The minimum Gasteiger partial charge on any atom is -0.492 e. The lowest BCUT2D eigenvalue weighted by atomic mass is 9.89. The Morgan fingerprint density at radius 1 is 1.18 bits per heavy atom. The molecule has 1 aliphatic carbocycles. The number of benzene rings is 2. The molecular weight excluding hydrogens is 421 g/mol. The Kier molecular flexibility index (Phi) is 8.18. The van der Waals surface area contributed by atoms with E-state index >= 15 is 0 Å². The van der Waals surface area contributed by atoms with Gasteiger partial charge in [0.2, 0.25) is 0 Å². The van der Waals surface area contributed by atoms with Crippen LogP contribution in [0.3, 0.4) is 0 Å². The van der Waals surface area contributed by atoms with Gasteiger partial charge in [-0.05, 0) is 62.1 Å². The van der Waals surface area contributed by atoms with Crippen molar-refractivity contribution in [3.8, 4) is 5.75 Å². The molecule has 7 heteroatoms. The van der Waals surface area contributed by atoms with Crippen LogP contribution in [0.25, 0.3) is 0 Å². The second kappa shape index (κ2) is 11.5. The number of amides is 1. The number of nitrogens with zero attached hydrogens (tertiary/aromatic N) is 2. The zero-order valence-corrected chi connectivity index (χ0v) is 19.3. The summed E-state index contributed by atoms with van der Waals surface area (Å²) in [6, 6.07) is 14.3. The van der Waals surface area contributed by atoms with E-state index in [1.165, 1.54) is 12.1 Å². The van der Waals surface area contributed by atoms with Crippen molar-refractivity contribution in [2.24, 2.45) is 0 Å². The lowest BCUT2D eigenvalue weighted by Crippen LogP contribution is -2.43. The predicted molar refractivity (Wildman–Crippen MR) is 127 cm³/mol. The van der Waals surface area contributed by atoms with E-state index in [1.54, 1.807) is 12.1 Å². The van der Waals surface area contributed by atoms with Gasteiger partial charge in [0.25, 0.3) is 5.91 Å². The number of halogens is 1. The summed E-state index contributed by atoms with van der Waals surface area (Å²) in [6.07, 6.45) is 3.98. The molecule has 0 radical (unpaired) electrons. The quantitative estimate of drug-likeness (QED) is 0.651. The summed E-state index contributed by atoms with van der Waals surface area (Å²) < 4.78 is 24.6. The van der Waals surface area contributed by atoms with Crippen molar-refractivity contribution in [2.45, 2.75) is 37.8 Å². The first-order valence-electron chi connectivity index (χ1n) is 11.9. The SMILES string of the molecule is CN(C(=O)c1ccc(F)cc1)[C@@H]1CCC[C@H](Nc2cccc(OCCN3CCOCC3)c2)C1. The van der Waals surface area contributed by atoms with Crippen molar-refractivity contribution in [1.29, 1.82) is 0 Å². The highest BCUT2D eigenvalue weighted by Crippen LogP contribution is 2.27. The van der Waals surface area contributed by atoms with E-state index in [-0.39, 0.29) is 23.8 Å². The Bertz CT molecular complexity index is 902. The van der Waals surface area contributed by atoms with Crippen molar-refractivity contribution < 1.29 is 18.7 Å². The van der Waals surface area contributed by atoms with Gasteiger partial charge < -0.3 is 19.7 Å². The van der Waals surface area contributed by atoms with Crippen LogP contribution in [0.1, 0.15) is 36.0 Å². The predicted octanol–water partition coefficient (Wildman–Crippen LogP) is 4.03. The summed E-state index contributed by atoms with van der Waals surface area (Å²) in [6.45, 7) is 5.09. The molecule has 0 spiro atoms. The van der Waals surface area contributed by atoms with Crippen molar-refractivity contribution in [3.63, 3.8) is 0 Å².